The first-order valence-electron chi connectivity index (χ1n) is 9.83. The van der Waals surface area contributed by atoms with E-state index < -0.39 is 23.5 Å². The van der Waals surface area contributed by atoms with Crippen molar-refractivity contribution < 1.29 is 24.0 Å². The van der Waals surface area contributed by atoms with Crippen molar-refractivity contribution in [2.45, 2.75) is 38.3 Å². The first kappa shape index (κ1) is 19.7. The fourth-order valence-electron chi connectivity index (χ4n) is 3.91. The summed E-state index contributed by atoms with van der Waals surface area (Å²) in [6.45, 7) is 0.283. The average molecular weight is 404 g/mol. The molecule has 1 saturated heterocycles. The van der Waals surface area contributed by atoms with Crippen LogP contribution in [0.1, 0.15) is 51.1 Å². The molecule has 1 atom stereocenters. The number of rotatable bonds is 6. The van der Waals surface area contributed by atoms with Gasteiger partial charge < -0.3 is 4.90 Å². The fourth-order valence-corrected chi connectivity index (χ4v) is 3.91. The van der Waals surface area contributed by atoms with Crippen LogP contribution in [-0.2, 0) is 27.3 Å². The van der Waals surface area contributed by atoms with Gasteiger partial charge in [0.25, 0.3) is 5.91 Å². The molecule has 0 saturated carbocycles. The minimum Gasteiger partial charge on any atom is -0.322 e. The van der Waals surface area contributed by atoms with Gasteiger partial charge in [0.05, 0.1) is 0 Å². The maximum Gasteiger partial charge on any atom is 0.255 e. The number of amides is 3. The molecular weight excluding hydrogens is 384 g/mol. The lowest BCUT2D eigenvalue weighted by Gasteiger charge is -2.29. The Labute approximate surface area is 173 Å². The molecule has 1 N–H and O–H groups in total. The second kappa shape index (κ2) is 8.02. The van der Waals surface area contributed by atoms with E-state index >= 15 is 0 Å². The Morgan fingerprint density at radius 1 is 1.03 bits per heavy atom. The number of aryl methyl sites for hydroxylation is 1. The Bertz CT molecular complexity index is 1060. The van der Waals surface area contributed by atoms with Gasteiger partial charge in [-0.1, -0.05) is 42.5 Å². The van der Waals surface area contributed by atoms with Crippen molar-refractivity contribution in [3.8, 4) is 0 Å². The van der Waals surface area contributed by atoms with Crippen LogP contribution >= 0.6 is 0 Å². The molecule has 1 unspecified atom stereocenters. The van der Waals surface area contributed by atoms with E-state index in [1.54, 1.807) is 42.5 Å². The standard InChI is InChI=1S/C23H20N2O5/c26-19(21(28)15-4-2-1-3-5-15)10-7-14-6-8-17-16(12-14)13-25(23(17)30)18-9-11-20(27)24-22(18)29/h1-6,8,12,18H,7,9-11,13H2,(H,24,27,29). The number of ketones is 2. The number of nitrogens with zero attached hydrogens (tertiary/aromatic N) is 1. The quantitative estimate of drug-likeness (QED) is 0.450. The van der Waals surface area contributed by atoms with E-state index in [1.165, 1.54) is 4.90 Å². The Morgan fingerprint density at radius 3 is 2.53 bits per heavy atom. The van der Waals surface area contributed by atoms with Gasteiger partial charge in [-0.2, -0.15) is 0 Å². The van der Waals surface area contributed by atoms with Gasteiger partial charge in [-0.05, 0) is 30.0 Å². The van der Waals surface area contributed by atoms with Gasteiger partial charge in [0, 0.05) is 30.5 Å². The first-order valence-corrected chi connectivity index (χ1v) is 9.83. The van der Waals surface area contributed by atoms with Gasteiger partial charge in [-0.3, -0.25) is 29.3 Å². The largest absolute Gasteiger partial charge is 0.322 e. The van der Waals surface area contributed by atoms with Crippen molar-refractivity contribution in [2.75, 3.05) is 0 Å². The summed E-state index contributed by atoms with van der Waals surface area (Å²) in [5, 5.41) is 2.28. The molecule has 2 aliphatic heterocycles. The van der Waals surface area contributed by atoms with Crippen LogP contribution in [0.25, 0.3) is 0 Å². The summed E-state index contributed by atoms with van der Waals surface area (Å²) in [4.78, 5) is 62.1. The molecule has 30 heavy (non-hydrogen) atoms. The second-order valence-corrected chi connectivity index (χ2v) is 7.51. The number of hydrogen-bond donors (Lipinski definition) is 1. The Hall–Kier alpha value is -3.61. The molecule has 3 amide bonds. The van der Waals surface area contributed by atoms with E-state index in [-0.39, 0.29) is 31.2 Å². The highest BCUT2D eigenvalue weighted by molar-refractivity contribution is 6.43. The average Bonchev–Trinajstić information content (AvgIpc) is 3.07. The zero-order valence-electron chi connectivity index (χ0n) is 16.2. The van der Waals surface area contributed by atoms with Crippen LogP contribution in [-0.4, -0.2) is 40.2 Å². The molecule has 7 heteroatoms. The van der Waals surface area contributed by atoms with Crippen molar-refractivity contribution in [2.24, 2.45) is 0 Å². The number of Topliss-reactive ketones (excluding diaryl/α,β-unsaturated/α-hetero) is 2. The Kier molecular flexibility index (Phi) is 5.27. The molecule has 0 bridgehead atoms. The zero-order chi connectivity index (χ0) is 21.3. The van der Waals surface area contributed by atoms with Gasteiger partial charge in [-0.15, -0.1) is 0 Å². The molecule has 0 aromatic heterocycles. The van der Waals surface area contributed by atoms with Gasteiger partial charge in [-0.25, -0.2) is 0 Å². The molecule has 0 spiro atoms. The summed E-state index contributed by atoms with van der Waals surface area (Å²) in [5.74, 6) is -1.96. The van der Waals surface area contributed by atoms with E-state index in [9.17, 15) is 24.0 Å². The molecule has 0 aliphatic carbocycles. The summed E-state index contributed by atoms with van der Waals surface area (Å²) >= 11 is 0. The van der Waals surface area contributed by atoms with Crippen LogP contribution in [0.2, 0.25) is 0 Å². The normalized spacial score (nSPS) is 18.2. The van der Waals surface area contributed by atoms with Crippen molar-refractivity contribution in [1.29, 1.82) is 0 Å². The number of carbonyl (C=O) groups is 5. The highest BCUT2D eigenvalue weighted by atomic mass is 16.2. The summed E-state index contributed by atoms with van der Waals surface area (Å²) in [7, 11) is 0. The number of carbonyl (C=O) groups excluding carboxylic acids is 5. The van der Waals surface area contributed by atoms with Crippen LogP contribution in [0.5, 0.6) is 0 Å². The minimum atomic E-state index is -0.656. The third-order valence-corrected chi connectivity index (χ3v) is 5.52. The SMILES string of the molecule is O=C1CCC(N2Cc3cc(CCC(=O)C(=O)c4ccccc4)ccc3C2=O)C(=O)N1. The van der Waals surface area contributed by atoms with Crippen molar-refractivity contribution in [3.05, 3.63) is 70.8 Å². The lowest BCUT2D eigenvalue weighted by Crippen LogP contribution is -2.52. The molecule has 2 aromatic carbocycles. The number of fused-ring (bicyclic) bond motifs is 1. The van der Waals surface area contributed by atoms with E-state index in [1.807, 2.05) is 6.07 Å². The highest BCUT2D eigenvalue weighted by Gasteiger charge is 2.39. The molecule has 7 nitrogen and oxygen atoms in total. The van der Waals surface area contributed by atoms with E-state index in [2.05, 4.69) is 5.32 Å². The monoisotopic (exact) mass is 404 g/mol. The lowest BCUT2D eigenvalue weighted by atomic mass is 9.99. The van der Waals surface area contributed by atoms with Gasteiger partial charge in [0.1, 0.15) is 6.04 Å². The maximum absolute atomic E-state index is 12.7. The Morgan fingerprint density at radius 2 is 1.80 bits per heavy atom. The first-order chi connectivity index (χ1) is 14.4. The maximum atomic E-state index is 12.7. The van der Waals surface area contributed by atoms with E-state index in [0.717, 1.165) is 11.1 Å². The molecule has 4 rings (SSSR count). The van der Waals surface area contributed by atoms with E-state index in [0.29, 0.717) is 24.0 Å². The topological polar surface area (TPSA) is 101 Å². The van der Waals surface area contributed by atoms with E-state index in [4.69, 9.17) is 0 Å². The predicted molar refractivity (Wildman–Crippen MR) is 107 cm³/mol. The summed E-state index contributed by atoms with van der Waals surface area (Å²) < 4.78 is 0. The number of piperidine rings is 1. The third-order valence-electron chi connectivity index (χ3n) is 5.52. The van der Waals surface area contributed by atoms with Crippen LogP contribution in [0.4, 0.5) is 0 Å². The van der Waals surface area contributed by atoms with Gasteiger partial charge >= 0.3 is 0 Å². The lowest BCUT2D eigenvalue weighted by molar-refractivity contribution is -0.136. The number of imide groups is 1. The molecule has 1 fully saturated rings. The predicted octanol–water partition coefficient (Wildman–Crippen LogP) is 1.83. The summed E-state index contributed by atoms with van der Waals surface area (Å²) in [6.07, 6.45) is 0.987. The fraction of sp³-hybridized carbons (Fsp3) is 0.261. The highest BCUT2D eigenvalue weighted by Crippen LogP contribution is 2.28. The van der Waals surface area contributed by atoms with Crippen LogP contribution in [0, 0.1) is 0 Å². The molecular formula is C23H20N2O5. The second-order valence-electron chi connectivity index (χ2n) is 7.51. The summed E-state index contributed by atoms with van der Waals surface area (Å²) in [5.41, 5.74) is 2.53. The van der Waals surface area contributed by atoms with Crippen molar-refractivity contribution in [1.82, 2.24) is 10.2 Å². The smallest absolute Gasteiger partial charge is 0.255 e. The van der Waals surface area contributed by atoms with Crippen LogP contribution in [0.15, 0.2) is 48.5 Å². The minimum absolute atomic E-state index is 0.0807. The number of benzene rings is 2. The summed E-state index contributed by atoms with van der Waals surface area (Å²) in [6, 6.07) is 13.1. The van der Waals surface area contributed by atoms with Crippen molar-refractivity contribution in [3.63, 3.8) is 0 Å². The third kappa shape index (κ3) is 3.78. The molecule has 2 aromatic rings. The molecule has 0 radical (unpaired) electrons. The molecule has 152 valence electrons. The molecule has 2 heterocycles. The van der Waals surface area contributed by atoms with Gasteiger partial charge in [0.15, 0.2) is 0 Å². The number of nitrogens with one attached hydrogen (secondary N) is 1. The van der Waals surface area contributed by atoms with Crippen molar-refractivity contribution >= 4 is 29.3 Å². The number of hydrogen-bond acceptors (Lipinski definition) is 5. The molecule has 2 aliphatic rings. The van der Waals surface area contributed by atoms with Gasteiger partial charge in [0.2, 0.25) is 23.4 Å². The Balaban J connectivity index is 1.42. The van der Waals surface area contributed by atoms with Crippen LogP contribution in [0.3, 0.4) is 0 Å². The zero-order valence-corrected chi connectivity index (χ0v) is 16.2. The van der Waals surface area contributed by atoms with Crippen LogP contribution < -0.4 is 5.32 Å².